The highest BCUT2D eigenvalue weighted by molar-refractivity contribution is 6.31. The van der Waals surface area contributed by atoms with Crippen molar-refractivity contribution in [2.24, 2.45) is 0 Å². The molecule has 0 radical (unpaired) electrons. The molecule has 1 aliphatic rings. The fraction of sp³-hybridized carbons (Fsp3) is 0.304. The summed E-state index contributed by atoms with van der Waals surface area (Å²) in [7, 11) is 0. The van der Waals surface area contributed by atoms with Crippen molar-refractivity contribution in [2.75, 3.05) is 6.54 Å². The Morgan fingerprint density at radius 1 is 1.16 bits per heavy atom. The van der Waals surface area contributed by atoms with Gasteiger partial charge in [0.05, 0.1) is 5.57 Å². The van der Waals surface area contributed by atoms with E-state index in [1.807, 2.05) is 19.1 Å². The molecule has 0 bridgehead atoms. The number of alkyl halides is 3. The van der Waals surface area contributed by atoms with Gasteiger partial charge in [0.1, 0.15) is 5.75 Å². The number of carbonyl (C=O) groups excluding carboxylic acids is 1. The second kappa shape index (κ2) is 8.50. The lowest BCUT2D eigenvalue weighted by Crippen LogP contribution is -2.40. The monoisotopic (exact) mass is 467 g/mol. The number of amides is 1. The Balaban J connectivity index is 1.88. The van der Waals surface area contributed by atoms with Crippen LogP contribution in [0.15, 0.2) is 42.0 Å². The molecule has 9 heteroatoms. The van der Waals surface area contributed by atoms with Crippen molar-refractivity contribution in [3.63, 3.8) is 0 Å². The minimum Gasteiger partial charge on any atom is -0.478 e. The molecule has 0 aliphatic carbocycles. The number of carbonyl (C=O) groups is 2. The van der Waals surface area contributed by atoms with Gasteiger partial charge in [-0.05, 0) is 42.8 Å². The molecule has 0 aromatic heterocycles. The number of aliphatic carboxylic acids is 1. The summed E-state index contributed by atoms with van der Waals surface area (Å²) in [5.41, 5.74) is 0.399. The lowest BCUT2D eigenvalue weighted by Gasteiger charge is -2.31. The smallest absolute Gasteiger partial charge is 0.430 e. The van der Waals surface area contributed by atoms with Crippen LogP contribution in [-0.4, -0.2) is 35.8 Å². The molecule has 0 fully saturated rings. The molecule has 1 atom stereocenters. The third-order valence-electron chi connectivity index (χ3n) is 5.22. The summed E-state index contributed by atoms with van der Waals surface area (Å²) >= 11 is 6.38. The zero-order chi connectivity index (χ0) is 23.8. The first-order valence-corrected chi connectivity index (χ1v) is 10.0. The fourth-order valence-electron chi connectivity index (χ4n) is 3.36. The average Bonchev–Trinajstić information content (AvgIpc) is 2.70. The number of nitrogens with one attached hydrogen (secondary N) is 1. The molecule has 0 saturated carbocycles. The molecule has 5 nitrogen and oxygen atoms in total. The summed E-state index contributed by atoms with van der Waals surface area (Å²) in [6.07, 6.45) is -6.58. The number of ether oxygens (including phenoxy) is 1. The first-order chi connectivity index (χ1) is 14.8. The molecule has 1 amide bonds. The number of aryl methyl sites for hydroxylation is 1. The third-order valence-corrected chi connectivity index (χ3v) is 5.53. The summed E-state index contributed by atoms with van der Waals surface area (Å²) in [5.74, 6) is -2.15. The van der Waals surface area contributed by atoms with Gasteiger partial charge in [-0.2, -0.15) is 13.2 Å². The number of fused-ring (bicyclic) bond motifs is 1. The molecule has 32 heavy (non-hydrogen) atoms. The van der Waals surface area contributed by atoms with Crippen LogP contribution >= 0.6 is 11.6 Å². The maximum absolute atomic E-state index is 13.4. The summed E-state index contributed by atoms with van der Waals surface area (Å²) in [4.78, 5) is 23.7. The highest BCUT2D eigenvalue weighted by atomic mass is 35.5. The molecule has 170 valence electrons. The largest absolute Gasteiger partial charge is 0.478 e. The minimum absolute atomic E-state index is 0.130. The Kier molecular flexibility index (Phi) is 6.29. The molecule has 1 unspecified atom stereocenters. The van der Waals surface area contributed by atoms with Crippen LogP contribution in [0.1, 0.15) is 40.9 Å². The Morgan fingerprint density at radius 2 is 1.78 bits per heavy atom. The van der Waals surface area contributed by atoms with Crippen LogP contribution in [0.25, 0.3) is 6.08 Å². The van der Waals surface area contributed by atoms with Crippen molar-refractivity contribution < 1.29 is 32.6 Å². The van der Waals surface area contributed by atoms with E-state index in [-0.39, 0.29) is 28.8 Å². The molecule has 2 aromatic rings. The molecule has 1 heterocycles. The number of carboxylic acid groups (broad SMARTS) is 1. The lowest BCUT2D eigenvalue weighted by atomic mass is 9.83. The predicted octanol–water partition coefficient (Wildman–Crippen LogP) is 5.15. The average molecular weight is 468 g/mol. The molecule has 3 rings (SSSR count). The van der Waals surface area contributed by atoms with E-state index in [2.05, 4.69) is 5.32 Å². The Morgan fingerprint density at radius 3 is 2.34 bits per heavy atom. The highest BCUT2D eigenvalue weighted by Crippen LogP contribution is 2.42. The summed E-state index contributed by atoms with van der Waals surface area (Å²) in [6.45, 7) is 5.61. The third kappa shape index (κ3) is 4.91. The standard InChI is InChI=1S/C23H21ClF3NO4/c1-12-4-6-13(7-5-12)20(29)28-11-22(2,3)16-10-18-14(9-17(16)24)8-15(21(30)31)19(32-18)23(25,26)27/h4-10,19H,11H2,1-3H3,(H,28,29)(H,30,31). The predicted molar refractivity (Wildman–Crippen MR) is 114 cm³/mol. The Labute approximate surface area is 187 Å². The fourth-order valence-corrected chi connectivity index (χ4v) is 3.78. The first-order valence-electron chi connectivity index (χ1n) is 9.67. The number of rotatable bonds is 5. The normalized spacial score (nSPS) is 16.0. The van der Waals surface area contributed by atoms with E-state index in [1.54, 1.807) is 26.0 Å². The Hall–Kier alpha value is -3.00. The van der Waals surface area contributed by atoms with Crippen LogP contribution in [0.4, 0.5) is 13.2 Å². The molecular weight excluding hydrogens is 447 g/mol. The van der Waals surface area contributed by atoms with Gasteiger partial charge in [0.15, 0.2) is 0 Å². The first kappa shape index (κ1) is 23.7. The van der Waals surface area contributed by atoms with Gasteiger partial charge in [0.2, 0.25) is 6.10 Å². The van der Waals surface area contributed by atoms with E-state index < -0.39 is 29.2 Å². The van der Waals surface area contributed by atoms with Crippen LogP contribution in [-0.2, 0) is 10.2 Å². The van der Waals surface area contributed by atoms with Crippen molar-refractivity contribution >= 4 is 29.6 Å². The topological polar surface area (TPSA) is 75.6 Å². The van der Waals surface area contributed by atoms with Gasteiger partial charge in [-0.3, -0.25) is 4.79 Å². The van der Waals surface area contributed by atoms with Gasteiger partial charge in [-0.15, -0.1) is 0 Å². The van der Waals surface area contributed by atoms with Gasteiger partial charge >= 0.3 is 12.1 Å². The van der Waals surface area contributed by atoms with E-state index in [4.69, 9.17) is 21.4 Å². The number of hydrogen-bond donors (Lipinski definition) is 2. The van der Waals surface area contributed by atoms with Crippen LogP contribution in [0.3, 0.4) is 0 Å². The van der Waals surface area contributed by atoms with Crippen LogP contribution in [0.2, 0.25) is 5.02 Å². The SMILES string of the molecule is Cc1ccc(C(=O)NCC(C)(C)c2cc3c(cc2Cl)C=C(C(=O)O)C(C(F)(F)F)O3)cc1. The maximum atomic E-state index is 13.4. The van der Waals surface area contributed by atoms with E-state index in [1.165, 1.54) is 12.1 Å². The van der Waals surface area contributed by atoms with Gasteiger partial charge < -0.3 is 15.2 Å². The highest BCUT2D eigenvalue weighted by Gasteiger charge is 2.48. The van der Waals surface area contributed by atoms with E-state index >= 15 is 0 Å². The van der Waals surface area contributed by atoms with Crippen molar-refractivity contribution in [1.29, 1.82) is 0 Å². The number of benzene rings is 2. The molecule has 1 aliphatic heterocycles. The van der Waals surface area contributed by atoms with E-state index in [0.717, 1.165) is 11.6 Å². The maximum Gasteiger partial charge on any atom is 0.430 e. The second-order valence-electron chi connectivity index (χ2n) is 8.25. The van der Waals surface area contributed by atoms with Gasteiger partial charge in [-0.25, -0.2) is 4.79 Å². The van der Waals surface area contributed by atoms with Gasteiger partial charge in [0, 0.05) is 28.1 Å². The van der Waals surface area contributed by atoms with E-state index in [9.17, 15) is 22.8 Å². The number of halogens is 4. The van der Waals surface area contributed by atoms with Crippen LogP contribution in [0.5, 0.6) is 5.75 Å². The van der Waals surface area contributed by atoms with Crippen molar-refractivity contribution in [3.8, 4) is 5.75 Å². The summed E-state index contributed by atoms with van der Waals surface area (Å²) in [5, 5.41) is 12.2. The minimum atomic E-state index is -4.90. The quantitative estimate of drug-likeness (QED) is 0.638. The zero-order valence-corrected chi connectivity index (χ0v) is 18.3. The molecule has 2 N–H and O–H groups in total. The van der Waals surface area contributed by atoms with Gasteiger partial charge in [-0.1, -0.05) is 43.1 Å². The van der Waals surface area contributed by atoms with Crippen molar-refractivity contribution in [2.45, 2.75) is 38.5 Å². The van der Waals surface area contributed by atoms with E-state index in [0.29, 0.717) is 11.1 Å². The summed E-state index contributed by atoms with van der Waals surface area (Å²) < 4.78 is 45.1. The van der Waals surface area contributed by atoms with Crippen molar-refractivity contribution in [3.05, 3.63) is 69.2 Å². The van der Waals surface area contributed by atoms with Crippen LogP contribution < -0.4 is 10.1 Å². The second-order valence-corrected chi connectivity index (χ2v) is 8.65. The van der Waals surface area contributed by atoms with Crippen LogP contribution in [0, 0.1) is 6.92 Å². The van der Waals surface area contributed by atoms with Crippen molar-refractivity contribution in [1.82, 2.24) is 5.32 Å². The molecule has 0 spiro atoms. The molecule has 0 saturated heterocycles. The number of carboxylic acids is 1. The zero-order valence-electron chi connectivity index (χ0n) is 17.5. The Bertz CT molecular complexity index is 1090. The number of hydrogen-bond acceptors (Lipinski definition) is 3. The lowest BCUT2D eigenvalue weighted by molar-refractivity contribution is -0.187. The van der Waals surface area contributed by atoms with Gasteiger partial charge in [0.25, 0.3) is 5.91 Å². The molecular formula is C23H21ClF3NO4. The summed E-state index contributed by atoms with van der Waals surface area (Å²) in [6, 6.07) is 9.75. The molecule has 2 aromatic carbocycles.